The molecule has 0 saturated carbocycles. The number of hydrogen-bond acceptors (Lipinski definition) is 7. The molecular formula is C28H33N5O4. The first kappa shape index (κ1) is 25.0. The third-order valence-electron chi connectivity index (χ3n) is 7.49. The molecule has 3 aromatic rings. The molecule has 1 aromatic heterocycles. The molecule has 0 unspecified atom stereocenters. The average molecular weight is 504 g/mol. The highest BCUT2D eigenvalue weighted by molar-refractivity contribution is 5.80. The smallest absolute Gasteiger partial charge is 0.280 e. The van der Waals surface area contributed by atoms with Crippen molar-refractivity contribution < 1.29 is 14.6 Å². The number of nitrogen functional groups attached to an aromatic ring is 1. The summed E-state index contributed by atoms with van der Waals surface area (Å²) in [4.78, 5) is 32.5. The summed E-state index contributed by atoms with van der Waals surface area (Å²) < 4.78 is 6.96. The highest BCUT2D eigenvalue weighted by Crippen LogP contribution is 2.33. The van der Waals surface area contributed by atoms with Gasteiger partial charge in [-0.15, -0.1) is 0 Å². The third kappa shape index (κ3) is 5.52. The van der Waals surface area contributed by atoms with Crippen LogP contribution in [0.4, 0.5) is 5.69 Å². The zero-order valence-corrected chi connectivity index (χ0v) is 20.8. The molecule has 2 aliphatic rings. The molecule has 0 radical (unpaired) electrons. The summed E-state index contributed by atoms with van der Waals surface area (Å²) in [5.41, 5.74) is 5.49. The molecule has 2 aliphatic heterocycles. The van der Waals surface area contributed by atoms with E-state index in [0.29, 0.717) is 31.7 Å². The minimum absolute atomic E-state index is 0.0368. The Balaban J connectivity index is 1.23. The number of piperidine rings is 2. The number of nitrogens with zero attached hydrogens (tertiary/aromatic N) is 3. The second-order valence-electron chi connectivity index (χ2n) is 9.98. The predicted octanol–water partition coefficient (Wildman–Crippen LogP) is 2.36. The van der Waals surface area contributed by atoms with Gasteiger partial charge in [0.05, 0.1) is 12.1 Å². The first-order valence-corrected chi connectivity index (χ1v) is 12.8. The molecule has 4 N–H and O–H groups in total. The number of ether oxygens (including phenoxy) is 1. The van der Waals surface area contributed by atoms with Crippen LogP contribution in [0, 0.1) is 5.92 Å². The number of aliphatic hydroxyl groups is 1. The lowest BCUT2D eigenvalue weighted by Gasteiger charge is -2.41. The topological polar surface area (TPSA) is 123 Å². The van der Waals surface area contributed by atoms with E-state index in [0.717, 1.165) is 19.5 Å². The zero-order chi connectivity index (χ0) is 25.8. The molecule has 0 bridgehead atoms. The number of benzene rings is 2. The maximum atomic E-state index is 13.5. The minimum atomic E-state index is -1.14. The lowest BCUT2D eigenvalue weighted by molar-refractivity contribution is -0.141. The van der Waals surface area contributed by atoms with Crippen molar-refractivity contribution in [2.24, 2.45) is 5.92 Å². The standard InChI is InChI=1S/C28H33N5O4/c29-24-25(37-21-9-5-2-6-10-21)31-19-33(27(24)35)18-28(36)12-15-32(16-13-28)26(34)22-11-14-30-17-23(22)20-7-3-1-4-8-20/h1-10,19,22-23,30,36H,11-18,29H2/t22-,23+/m1/s1. The Morgan fingerprint density at radius 2 is 1.78 bits per heavy atom. The van der Waals surface area contributed by atoms with Crippen molar-refractivity contribution in [1.29, 1.82) is 0 Å². The Labute approximate surface area is 215 Å². The van der Waals surface area contributed by atoms with E-state index < -0.39 is 11.2 Å². The Hall–Kier alpha value is -3.69. The number of nitrogens with one attached hydrogen (secondary N) is 1. The SMILES string of the molecule is Nc1c(Oc2ccccc2)ncn(CC2(O)CCN(C(=O)[C@@H]3CCNC[C@H]3c3ccccc3)CC2)c1=O. The van der Waals surface area contributed by atoms with Crippen LogP contribution in [0.5, 0.6) is 11.6 Å². The molecule has 2 aromatic carbocycles. The van der Waals surface area contributed by atoms with Gasteiger partial charge >= 0.3 is 0 Å². The van der Waals surface area contributed by atoms with Crippen LogP contribution in [-0.2, 0) is 11.3 Å². The van der Waals surface area contributed by atoms with Gasteiger partial charge in [-0.1, -0.05) is 48.5 Å². The van der Waals surface area contributed by atoms with E-state index in [1.54, 1.807) is 12.1 Å². The Bertz CT molecular complexity index is 1270. The molecule has 2 atom stereocenters. The molecule has 3 heterocycles. The van der Waals surface area contributed by atoms with Crippen molar-refractivity contribution in [2.75, 3.05) is 31.9 Å². The number of carbonyl (C=O) groups is 1. The second-order valence-corrected chi connectivity index (χ2v) is 9.98. The van der Waals surface area contributed by atoms with Crippen LogP contribution in [0.15, 0.2) is 71.8 Å². The van der Waals surface area contributed by atoms with Gasteiger partial charge in [0.1, 0.15) is 12.1 Å². The fourth-order valence-corrected chi connectivity index (χ4v) is 5.34. The summed E-state index contributed by atoms with van der Waals surface area (Å²) in [6, 6.07) is 19.1. The maximum absolute atomic E-state index is 13.5. The van der Waals surface area contributed by atoms with Gasteiger partial charge in [0, 0.05) is 31.5 Å². The van der Waals surface area contributed by atoms with Gasteiger partial charge in [0.15, 0.2) is 5.69 Å². The number of para-hydroxylation sites is 1. The van der Waals surface area contributed by atoms with Crippen molar-refractivity contribution in [3.05, 3.63) is 82.9 Å². The number of anilines is 1. The number of aromatic nitrogens is 2. The van der Waals surface area contributed by atoms with E-state index >= 15 is 0 Å². The molecule has 37 heavy (non-hydrogen) atoms. The molecule has 9 nitrogen and oxygen atoms in total. The number of carbonyl (C=O) groups excluding carboxylic acids is 1. The van der Waals surface area contributed by atoms with Crippen LogP contribution in [-0.4, -0.2) is 57.2 Å². The summed E-state index contributed by atoms with van der Waals surface area (Å²) in [6.45, 7) is 2.52. The number of rotatable bonds is 6. The molecule has 5 rings (SSSR count). The number of amides is 1. The van der Waals surface area contributed by atoms with Crippen molar-refractivity contribution >= 4 is 11.6 Å². The molecule has 2 fully saturated rings. The number of hydrogen-bond donors (Lipinski definition) is 3. The third-order valence-corrected chi connectivity index (χ3v) is 7.49. The molecule has 2 saturated heterocycles. The summed E-state index contributed by atoms with van der Waals surface area (Å²) in [7, 11) is 0. The lowest BCUT2D eigenvalue weighted by atomic mass is 9.80. The Morgan fingerprint density at radius 3 is 2.49 bits per heavy atom. The van der Waals surface area contributed by atoms with Crippen molar-refractivity contribution in [3.8, 4) is 11.6 Å². The van der Waals surface area contributed by atoms with Crippen LogP contribution in [0.3, 0.4) is 0 Å². The van der Waals surface area contributed by atoms with Crippen LogP contribution in [0.2, 0.25) is 0 Å². The van der Waals surface area contributed by atoms with Crippen LogP contribution >= 0.6 is 0 Å². The normalized spacial score (nSPS) is 21.4. The largest absolute Gasteiger partial charge is 0.437 e. The van der Waals surface area contributed by atoms with Gasteiger partial charge in [0.2, 0.25) is 11.8 Å². The lowest BCUT2D eigenvalue weighted by Crippen LogP contribution is -2.52. The second kappa shape index (κ2) is 10.7. The molecule has 0 aliphatic carbocycles. The van der Waals surface area contributed by atoms with Crippen molar-refractivity contribution in [3.63, 3.8) is 0 Å². The summed E-state index contributed by atoms with van der Waals surface area (Å²) in [5.74, 6) is 0.751. The molecule has 194 valence electrons. The van der Waals surface area contributed by atoms with Gasteiger partial charge in [0.25, 0.3) is 5.56 Å². The average Bonchev–Trinajstić information content (AvgIpc) is 2.94. The molecule has 1 amide bonds. The fraction of sp³-hybridized carbons (Fsp3) is 0.393. The van der Waals surface area contributed by atoms with Gasteiger partial charge in [-0.05, 0) is 43.5 Å². The Kier molecular flexibility index (Phi) is 7.25. The van der Waals surface area contributed by atoms with Crippen LogP contribution in [0.25, 0.3) is 0 Å². The Morgan fingerprint density at radius 1 is 1.11 bits per heavy atom. The van der Waals surface area contributed by atoms with E-state index in [4.69, 9.17) is 10.5 Å². The molecule has 0 spiro atoms. The van der Waals surface area contributed by atoms with Gasteiger partial charge in [-0.2, -0.15) is 0 Å². The summed E-state index contributed by atoms with van der Waals surface area (Å²) >= 11 is 0. The fourth-order valence-electron chi connectivity index (χ4n) is 5.34. The predicted molar refractivity (Wildman–Crippen MR) is 140 cm³/mol. The van der Waals surface area contributed by atoms with E-state index in [-0.39, 0.29) is 35.9 Å². The monoisotopic (exact) mass is 503 g/mol. The minimum Gasteiger partial charge on any atom is -0.437 e. The maximum Gasteiger partial charge on any atom is 0.280 e. The zero-order valence-electron chi connectivity index (χ0n) is 20.8. The van der Waals surface area contributed by atoms with E-state index in [1.807, 2.05) is 41.3 Å². The van der Waals surface area contributed by atoms with Crippen molar-refractivity contribution in [2.45, 2.75) is 37.3 Å². The number of nitrogens with two attached hydrogens (primary N) is 1. The van der Waals surface area contributed by atoms with Crippen LogP contribution < -0.4 is 21.3 Å². The first-order valence-electron chi connectivity index (χ1n) is 12.8. The van der Waals surface area contributed by atoms with E-state index in [9.17, 15) is 14.7 Å². The van der Waals surface area contributed by atoms with Gasteiger partial charge in [-0.3, -0.25) is 14.2 Å². The van der Waals surface area contributed by atoms with Gasteiger partial charge in [-0.25, -0.2) is 4.98 Å². The summed E-state index contributed by atoms with van der Waals surface area (Å²) in [5, 5.41) is 14.7. The van der Waals surface area contributed by atoms with Crippen LogP contribution in [0.1, 0.15) is 30.7 Å². The van der Waals surface area contributed by atoms with Crippen molar-refractivity contribution in [1.82, 2.24) is 19.8 Å². The first-order chi connectivity index (χ1) is 17.9. The molecular weight excluding hydrogens is 470 g/mol. The number of likely N-dealkylation sites (tertiary alicyclic amines) is 1. The highest BCUT2D eigenvalue weighted by Gasteiger charge is 2.39. The summed E-state index contributed by atoms with van der Waals surface area (Å²) in [6.07, 6.45) is 2.88. The highest BCUT2D eigenvalue weighted by atomic mass is 16.5. The van der Waals surface area contributed by atoms with E-state index in [1.165, 1.54) is 16.5 Å². The quantitative estimate of drug-likeness (QED) is 0.472. The van der Waals surface area contributed by atoms with Gasteiger partial charge < -0.3 is 25.8 Å². The molecule has 9 heteroatoms. The van der Waals surface area contributed by atoms with E-state index in [2.05, 4.69) is 22.4 Å².